The predicted octanol–water partition coefficient (Wildman–Crippen LogP) is 4.22. The second kappa shape index (κ2) is 7.62. The van der Waals surface area contributed by atoms with Gasteiger partial charge >= 0.3 is 0 Å². The summed E-state index contributed by atoms with van der Waals surface area (Å²) in [4.78, 5) is 14.5. The highest BCUT2D eigenvalue weighted by atomic mass is 16.3. The van der Waals surface area contributed by atoms with Crippen molar-refractivity contribution in [3.8, 4) is 23.0 Å². The number of aromatic nitrogens is 1. The van der Waals surface area contributed by atoms with Gasteiger partial charge < -0.3 is 10.8 Å². The molecule has 0 unspecified atom stereocenters. The summed E-state index contributed by atoms with van der Waals surface area (Å²) in [5, 5.41) is 10.2. The molecule has 1 aromatic heterocycles. The fourth-order valence-electron chi connectivity index (χ4n) is 5.44. The van der Waals surface area contributed by atoms with Gasteiger partial charge in [-0.05, 0) is 69.2 Å². The number of amidine groups is 1. The Morgan fingerprint density at radius 2 is 1.87 bits per heavy atom. The SMILES string of the molecule is C.CC#Cc1cncc(-c2ccc3c(c2)[C@@]2(N=C(C)C(N)=N2)C2(CCC(O)CC2)C3)c1. The third kappa shape index (κ3) is 3.18. The number of hydrogen-bond donors (Lipinski definition) is 2. The Bertz CT molecular complexity index is 1130. The summed E-state index contributed by atoms with van der Waals surface area (Å²) in [5.41, 5.74) is 11.7. The van der Waals surface area contributed by atoms with Gasteiger partial charge in [-0.15, -0.1) is 5.92 Å². The van der Waals surface area contributed by atoms with Gasteiger partial charge in [-0.25, -0.2) is 4.99 Å². The summed E-state index contributed by atoms with van der Waals surface area (Å²) >= 11 is 0. The van der Waals surface area contributed by atoms with E-state index in [9.17, 15) is 5.11 Å². The van der Waals surface area contributed by atoms with Crippen LogP contribution in [-0.4, -0.2) is 27.7 Å². The van der Waals surface area contributed by atoms with Gasteiger partial charge in [-0.2, -0.15) is 0 Å². The maximum atomic E-state index is 10.2. The second-order valence-corrected chi connectivity index (χ2v) is 8.76. The minimum absolute atomic E-state index is 0. The van der Waals surface area contributed by atoms with E-state index in [2.05, 4.69) is 41.1 Å². The van der Waals surface area contributed by atoms with E-state index < -0.39 is 5.66 Å². The Kier molecular flexibility index (Phi) is 5.23. The molecular formula is C26H30N4O. The Labute approximate surface area is 184 Å². The molecule has 1 saturated carbocycles. The number of aliphatic imine (C=N–C) groups is 2. The summed E-state index contributed by atoms with van der Waals surface area (Å²) in [7, 11) is 0. The number of aliphatic hydroxyl groups excluding tert-OH is 1. The van der Waals surface area contributed by atoms with Crippen molar-refractivity contribution < 1.29 is 5.11 Å². The summed E-state index contributed by atoms with van der Waals surface area (Å²) in [6.45, 7) is 3.77. The van der Waals surface area contributed by atoms with Crippen molar-refractivity contribution in [2.75, 3.05) is 0 Å². The van der Waals surface area contributed by atoms with E-state index >= 15 is 0 Å². The van der Waals surface area contributed by atoms with Crippen LogP contribution in [-0.2, 0) is 12.1 Å². The highest BCUT2D eigenvalue weighted by Crippen LogP contribution is 2.61. The van der Waals surface area contributed by atoms with Gasteiger partial charge in [0.1, 0.15) is 5.84 Å². The number of nitrogens with two attached hydrogens (primary N) is 1. The lowest BCUT2D eigenvalue weighted by Crippen LogP contribution is -2.43. The molecule has 1 aliphatic heterocycles. The van der Waals surface area contributed by atoms with Crippen LogP contribution in [0.15, 0.2) is 46.6 Å². The minimum atomic E-state index is -0.680. The van der Waals surface area contributed by atoms with Crippen molar-refractivity contribution in [2.24, 2.45) is 21.1 Å². The number of hydrogen-bond acceptors (Lipinski definition) is 5. The van der Waals surface area contributed by atoms with Gasteiger partial charge in [0.25, 0.3) is 0 Å². The third-order valence-electron chi connectivity index (χ3n) is 6.99. The predicted molar refractivity (Wildman–Crippen MR) is 126 cm³/mol. The molecule has 5 rings (SSSR count). The van der Waals surface area contributed by atoms with E-state index in [1.54, 1.807) is 6.20 Å². The molecule has 1 aromatic carbocycles. The largest absolute Gasteiger partial charge is 0.393 e. The molecule has 0 bridgehead atoms. The van der Waals surface area contributed by atoms with Gasteiger partial charge in [-0.1, -0.05) is 25.5 Å². The highest BCUT2D eigenvalue weighted by molar-refractivity contribution is 6.41. The zero-order chi connectivity index (χ0) is 20.9. The number of fused-ring (bicyclic) bond motifs is 3. The molecule has 5 heteroatoms. The summed E-state index contributed by atoms with van der Waals surface area (Å²) < 4.78 is 0. The van der Waals surface area contributed by atoms with E-state index in [-0.39, 0.29) is 18.9 Å². The highest BCUT2D eigenvalue weighted by Gasteiger charge is 2.60. The first-order valence-corrected chi connectivity index (χ1v) is 10.6. The van der Waals surface area contributed by atoms with Crippen molar-refractivity contribution in [3.05, 3.63) is 53.3 Å². The van der Waals surface area contributed by atoms with Crippen molar-refractivity contribution >= 4 is 11.5 Å². The van der Waals surface area contributed by atoms with E-state index in [1.165, 1.54) is 5.56 Å². The molecule has 2 aliphatic carbocycles. The molecule has 0 radical (unpaired) electrons. The van der Waals surface area contributed by atoms with Gasteiger partial charge in [0.05, 0.1) is 11.8 Å². The van der Waals surface area contributed by atoms with Crippen molar-refractivity contribution in [3.63, 3.8) is 0 Å². The Hall–Kier alpha value is -2.97. The molecule has 1 fully saturated rings. The molecule has 2 aromatic rings. The number of nitrogens with zero attached hydrogens (tertiary/aromatic N) is 3. The molecule has 3 aliphatic rings. The minimum Gasteiger partial charge on any atom is -0.393 e. The van der Waals surface area contributed by atoms with Crippen molar-refractivity contribution in [1.82, 2.24) is 4.98 Å². The maximum absolute atomic E-state index is 10.2. The normalized spacial score (nSPS) is 28.4. The summed E-state index contributed by atoms with van der Waals surface area (Å²) in [6.07, 6.45) is 7.72. The van der Waals surface area contributed by atoms with Crippen LogP contribution in [0, 0.1) is 17.3 Å². The summed E-state index contributed by atoms with van der Waals surface area (Å²) in [6, 6.07) is 8.65. The first-order chi connectivity index (χ1) is 14.5. The Balaban J connectivity index is 0.00000231. The number of benzene rings is 1. The van der Waals surface area contributed by atoms with Crippen LogP contribution >= 0.6 is 0 Å². The van der Waals surface area contributed by atoms with Crippen molar-refractivity contribution in [1.29, 1.82) is 0 Å². The lowest BCUT2D eigenvalue weighted by Gasteiger charge is -2.44. The lowest BCUT2D eigenvalue weighted by molar-refractivity contribution is 0.0233. The number of rotatable bonds is 1. The second-order valence-electron chi connectivity index (χ2n) is 8.76. The number of pyridine rings is 1. The van der Waals surface area contributed by atoms with Crippen LogP contribution in [0.1, 0.15) is 63.6 Å². The van der Waals surface area contributed by atoms with Crippen molar-refractivity contribution in [2.45, 2.75) is 65.1 Å². The average molecular weight is 415 g/mol. The first kappa shape index (κ1) is 21.3. The monoisotopic (exact) mass is 414 g/mol. The molecule has 31 heavy (non-hydrogen) atoms. The molecule has 5 nitrogen and oxygen atoms in total. The molecule has 160 valence electrons. The molecule has 2 spiro atoms. The summed E-state index contributed by atoms with van der Waals surface area (Å²) in [5.74, 6) is 6.55. The van der Waals surface area contributed by atoms with Gasteiger partial charge in [-0.3, -0.25) is 9.98 Å². The third-order valence-corrected chi connectivity index (χ3v) is 6.99. The van der Waals surface area contributed by atoms with Crippen LogP contribution in [0.4, 0.5) is 0 Å². The van der Waals surface area contributed by atoms with E-state index in [1.807, 2.05) is 20.0 Å². The molecule has 1 atom stereocenters. The average Bonchev–Trinajstić information content (AvgIpc) is 3.18. The van der Waals surface area contributed by atoms with Crippen LogP contribution in [0.5, 0.6) is 0 Å². The smallest absolute Gasteiger partial charge is 0.184 e. The Morgan fingerprint density at radius 3 is 2.55 bits per heavy atom. The fourth-order valence-corrected chi connectivity index (χ4v) is 5.44. The van der Waals surface area contributed by atoms with Crippen LogP contribution < -0.4 is 5.73 Å². The van der Waals surface area contributed by atoms with Crippen LogP contribution in [0.25, 0.3) is 11.1 Å². The van der Waals surface area contributed by atoms with E-state index in [0.717, 1.165) is 60.1 Å². The fraction of sp³-hybridized carbons (Fsp3) is 0.423. The molecule has 2 heterocycles. The first-order valence-electron chi connectivity index (χ1n) is 10.6. The topological polar surface area (TPSA) is 83.9 Å². The Morgan fingerprint density at radius 1 is 1.10 bits per heavy atom. The van der Waals surface area contributed by atoms with Gasteiger partial charge in [0.2, 0.25) is 0 Å². The standard InChI is InChI=1S/C25H26N4O.CH4/c1-3-4-17-11-20(15-27-14-17)18-5-6-19-13-24(9-7-21(30)8-10-24)25(22(19)12-18)28-16(2)23(26)29-25;/h5-6,11-12,14-15,21,30H,7-10,13H2,1-2H3,(H2,26,29);1H4/t21?,24?,25-;/m0./s1. The van der Waals surface area contributed by atoms with E-state index in [0.29, 0.717) is 5.84 Å². The van der Waals surface area contributed by atoms with E-state index in [4.69, 9.17) is 15.7 Å². The zero-order valence-electron chi connectivity index (χ0n) is 17.4. The molecule has 3 N–H and O–H groups in total. The molecule has 0 saturated heterocycles. The maximum Gasteiger partial charge on any atom is 0.184 e. The number of aliphatic hydroxyl groups is 1. The molecular weight excluding hydrogens is 384 g/mol. The van der Waals surface area contributed by atoms with Gasteiger partial charge in [0, 0.05) is 34.5 Å². The van der Waals surface area contributed by atoms with Crippen LogP contribution in [0.3, 0.4) is 0 Å². The van der Waals surface area contributed by atoms with Gasteiger partial charge in [0.15, 0.2) is 5.66 Å². The lowest BCUT2D eigenvalue weighted by atomic mass is 9.65. The molecule has 0 amide bonds. The quantitative estimate of drug-likeness (QED) is 0.686. The van der Waals surface area contributed by atoms with Crippen LogP contribution in [0.2, 0.25) is 0 Å². The zero-order valence-corrected chi connectivity index (χ0v) is 17.4.